The summed E-state index contributed by atoms with van der Waals surface area (Å²) in [5, 5.41) is 58.7. The summed E-state index contributed by atoms with van der Waals surface area (Å²) in [7, 11) is 3.65. The van der Waals surface area contributed by atoms with Gasteiger partial charge in [-0.05, 0) is 129 Å². The molecule has 0 radical (unpaired) electrons. The number of benzene rings is 5. The molecule has 24 nitrogen and oxygen atoms in total. The third kappa shape index (κ3) is 22.4. The van der Waals surface area contributed by atoms with E-state index in [4.69, 9.17) is 23.1 Å². The summed E-state index contributed by atoms with van der Waals surface area (Å²) in [6.07, 6.45) is -1.29. The lowest BCUT2D eigenvalue weighted by Crippen LogP contribution is -2.62. The minimum absolute atomic E-state index is 0.0100. The molecule has 0 aromatic heterocycles. The molecule has 27 heteroatoms. The highest BCUT2D eigenvalue weighted by Gasteiger charge is 2.36. The predicted octanol–water partition coefficient (Wildman–Crippen LogP) is 2.04. The largest absolute Gasteiger partial charge is 0.508 e. The van der Waals surface area contributed by atoms with Crippen LogP contribution in [-0.2, 0) is 64.0 Å². The number of hydrogen-bond donors (Lipinski definition) is 15. The van der Waals surface area contributed by atoms with Crippen LogP contribution in [0.25, 0.3) is 0 Å². The highest BCUT2D eigenvalue weighted by molar-refractivity contribution is 8.76. The van der Waals surface area contributed by atoms with Crippen LogP contribution in [0.5, 0.6) is 11.5 Å². The molecule has 0 aliphatic carbocycles. The van der Waals surface area contributed by atoms with Gasteiger partial charge in [0.15, 0.2) is 0 Å². The van der Waals surface area contributed by atoms with Crippen molar-refractivity contribution in [1.29, 1.82) is 0 Å². The van der Waals surface area contributed by atoms with Crippen molar-refractivity contribution >= 4 is 97.9 Å². The number of phenolic OH excluding ortho intramolecular Hbond substituents is 2. The Hall–Kier alpha value is -8.40. The predicted molar refractivity (Wildman–Crippen MR) is 333 cm³/mol. The van der Waals surface area contributed by atoms with E-state index in [1.165, 1.54) is 55.5 Å². The second-order valence-corrected chi connectivity index (χ2v) is 23.7. The van der Waals surface area contributed by atoms with Crippen LogP contribution in [0.4, 0.5) is 16.2 Å². The Morgan fingerprint density at radius 1 is 0.621 bits per heavy atom. The summed E-state index contributed by atoms with van der Waals surface area (Å²) in [5.74, 6) is -7.94. The Morgan fingerprint density at radius 3 is 1.70 bits per heavy atom. The molecule has 10 amide bonds. The number of phenols is 2. The number of unbranched alkanes of at least 4 members (excludes halogenated alkanes) is 1. The molecule has 5 aromatic rings. The van der Waals surface area contributed by atoms with Crippen molar-refractivity contribution < 1.29 is 58.5 Å². The van der Waals surface area contributed by atoms with Crippen LogP contribution in [0.1, 0.15) is 48.4 Å². The van der Waals surface area contributed by atoms with Crippen molar-refractivity contribution in [2.75, 3.05) is 35.7 Å². The molecule has 0 saturated carbocycles. The molecule has 17 N–H and O–H groups in total. The summed E-state index contributed by atoms with van der Waals surface area (Å²) in [6, 6.07) is 21.1. The van der Waals surface area contributed by atoms with E-state index in [1.807, 2.05) is 0 Å². The molecule has 2 unspecified atom stereocenters. The molecule has 0 bridgehead atoms. The Labute approximate surface area is 516 Å². The highest BCUT2D eigenvalue weighted by atomic mass is 35.5. The SMILES string of the molecule is CNCCCC[C@@H]1NC(=O)[C@@H](Cc2ccc(NC(=O)Nc3ccccc3)cc2)NC(=O)[C@H](Cc2ccc(O)cc2)NC(=O)[C@H](NC(=O)[C@@H](N)Cc2ccc(Cl)cc2)CSSC[C@@H](C(=O)N[C@H](Cc2ccc(O)cc2)C(N)=O)NC(=O)C(C(C)O)NC1=O. The summed E-state index contributed by atoms with van der Waals surface area (Å²) in [6.45, 7) is 1.75. The Bertz CT molecular complexity index is 3140. The van der Waals surface area contributed by atoms with E-state index < -0.39 is 108 Å². The van der Waals surface area contributed by atoms with Crippen molar-refractivity contribution in [1.82, 2.24) is 42.5 Å². The first-order chi connectivity index (χ1) is 41.6. The van der Waals surface area contributed by atoms with Gasteiger partial charge in [0, 0.05) is 47.2 Å². The average molecular weight is 1250 g/mol. The van der Waals surface area contributed by atoms with Gasteiger partial charge in [0.1, 0.15) is 53.8 Å². The molecule has 0 spiro atoms. The second kappa shape index (κ2) is 34.1. The molecule has 1 aliphatic rings. The maximum absolute atomic E-state index is 15.0. The fourth-order valence-corrected chi connectivity index (χ4v) is 11.4. The number of rotatable bonds is 21. The van der Waals surface area contributed by atoms with Crippen LogP contribution in [0.2, 0.25) is 5.02 Å². The van der Waals surface area contributed by atoms with Crippen LogP contribution < -0.4 is 64.6 Å². The first kappa shape index (κ1) is 67.7. The second-order valence-electron chi connectivity index (χ2n) is 20.7. The number of urea groups is 1. The molecule has 1 fully saturated rings. The topological polar surface area (TPSA) is 387 Å². The van der Waals surface area contributed by atoms with E-state index in [-0.39, 0.29) is 55.1 Å². The standard InChI is InChI=1S/C60H73ClN12O12S2/c1-34(74)51-59(84)72-50(57(82)68-46(52(63)77)29-37-15-23-42(75)24-16-37)33-87-86-32-49(71-53(78)44(62)28-35-11-19-39(61)20-12-35)58(83)70-48(31-38-17-25-43(76)26-18-38)56(81)69-47(55(80)67-45(54(79)73-51)10-6-7-27-64-2)30-36-13-21-41(22-14-36)66-60(85)65-40-8-4-3-5-9-40/h3-5,8-9,11-26,34,44-51,64,74-76H,6-7,10,27-33,62H2,1-2H3,(H2,63,77)(H,67,80)(H,68,82)(H,69,81)(H,70,83)(H,71,78)(H,72,84)(H,73,79)(H2,65,66,85)/t34?,44-,45-,46+,47+,48-,49+,50-,51?/m0/s1. The molecule has 5 aromatic carbocycles. The summed E-state index contributed by atoms with van der Waals surface area (Å²) in [5.41, 5.74) is 15.2. The minimum atomic E-state index is -1.75. The zero-order valence-electron chi connectivity index (χ0n) is 47.8. The normalized spacial score (nSPS) is 20.1. The number of amides is 10. The van der Waals surface area contributed by atoms with Crippen molar-refractivity contribution in [2.24, 2.45) is 11.5 Å². The molecular formula is C60H73ClN12O12S2. The lowest BCUT2D eigenvalue weighted by atomic mass is 10.0. The number of primary amides is 1. The number of aromatic hydroxyl groups is 2. The van der Waals surface area contributed by atoms with E-state index in [2.05, 4.69) is 53.2 Å². The number of aliphatic hydroxyl groups excluding tert-OH is 1. The van der Waals surface area contributed by atoms with Gasteiger partial charge < -0.3 is 80.0 Å². The Morgan fingerprint density at radius 2 is 1.13 bits per heavy atom. The zero-order valence-corrected chi connectivity index (χ0v) is 50.1. The van der Waals surface area contributed by atoms with Gasteiger partial charge in [-0.3, -0.25) is 38.4 Å². The molecule has 1 aliphatic heterocycles. The maximum Gasteiger partial charge on any atom is 0.323 e. The van der Waals surface area contributed by atoms with Crippen molar-refractivity contribution in [3.05, 3.63) is 155 Å². The molecule has 1 heterocycles. The molecule has 6 rings (SSSR count). The van der Waals surface area contributed by atoms with Crippen LogP contribution in [0, 0.1) is 0 Å². The third-order valence-electron chi connectivity index (χ3n) is 13.8. The lowest BCUT2D eigenvalue weighted by Gasteiger charge is -2.29. The van der Waals surface area contributed by atoms with E-state index >= 15 is 0 Å². The number of nitrogens with one attached hydrogen (secondary N) is 10. The van der Waals surface area contributed by atoms with E-state index in [0.29, 0.717) is 58.0 Å². The molecule has 9 atom stereocenters. The number of anilines is 2. The van der Waals surface area contributed by atoms with Crippen molar-refractivity contribution in [3.8, 4) is 11.5 Å². The number of aliphatic hydroxyl groups is 1. The van der Waals surface area contributed by atoms with Gasteiger partial charge in [0.25, 0.3) is 0 Å². The summed E-state index contributed by atoms with van der Waals surface area (Å²) in [4.78, 5) is 128. The van der Waals surface area contributed by atoms with Gasteiger partial charge in [0.05, 0.1) is 12.1 Å². The monoisotopic (exact) mass is 1250 g/mol. The van der Waals surface area contributed by atoms with Gasteiger partial charge in [-0.2, -0.15) is 0 Å². The highest BCUT2D eigenvalue weighted by Crippen LogP contribution is 2.25. The van der Waals surface area contributed by atoms with Crippen LogP contribution in [0.15, 0.2) is 127 Å². The maximum atomic E-state index is 15.0. The first-order valence-electron chi connectivity index (χ1n) is 27.9. The van der Waals surface area contributed by atoms with Crippen molar-refractivity contribution in [3.63, 3.8) is 0 Å². The molecule has 464 valence electrons. The van der Waals surface area contributed by atoms with Gasteiger partial charge >= 0.3 is 6.03 Å². The van der Waals surface area contributed by atoms with Crippen LogP contribution in [0.3, 0.4) is 0 Å². The summed E-state index contributed by atoms with van der Waals surface area (Å²) < 4.78 is 0. The fraction of sp³-hybridized carbons (Fsp3) is 0.350. The zero-order chi connectivity index (χ0) is 63.0. The average Bonchev–Trinajstić information content (AvgIpc) is 3.58. The molecule has 87 heavy (non-hydrogen) atoms. The van der Waals surface area contributed by atoms with Crippen molar-refractivity contribution in [2.45, 2.75) is 106 Å². The van der Waals surface area contributed by atoms with Gasteiger partial charge in [-0.15, -0.1) is 0 Å². The first-order valence-corrected chi connectivity index (χ1v) is 30.8. The van der Waals surface area contributed by atoms with Crippen LogP contribution >= 0.6 is 33.2 Å². The fourth-order valence-electron chi connectivity index (χ4n) is 8.92. The number of halogens is 1. The van der Waals surface area contributed by atoms with Gasteiger partial charge in [-0.1, -0.05) is 99.9 Å². The number of carbonyl (C=O) groups excluding carboxylic acids is 9. The number of nitrogens with two attached hydrogens (primary N) is 2. The van der Waals surface area contributed by atoms with E-state index in [9.17, 15) is 58.5 Å². The number of hydrogen-bond acceptors (Lipinski definition) is 16. The number of carbonyl (C=O) groups is 9. The quantitative estimate of drug-likeness (QED) is 0.0369. The molecule has 1 saturated heterocycles. The third-order valence-corrected chi connectivity index (χ3v) is 16.4. The Balaban J connectivity index is 1.38. The summed E-state index contributed by atoms with van der Waals surface area (Å²) >= 11 is 6.10. The minimum Gasteiger partial charge on any atom is -0.508 e. The van der Waals surface area contributed by atoms with Crippen LogP contribution in [-0.4, -0.2) is 148 Å². The molecular weight excluding hydrogens is 1180 g/mol. The number of para-hydroxylation sites is 1. The lowest BCUT2D eigenvalue weighted by molar-refractivity contribution is -0.136. The van der Waals surface area contributed by atoms with Gasteiger partial charge in [0.2, 0.25) is 47.3 Å². The Kier molecular flexibility index (Phi) is 26.5. The van der Waals surface area contributed by atoms with E-state index in [0.717, 1.165) is 21.6 Å². The smallest absolute Gasteiger partial charge is 0.323 e. The van der Waals surface area contributed by atoms with Gasteiger partial charge in [-0.25, -0.2) is 4.79 Å². The van der Waals surface area contributed by atoms with E-state index in [1.54, 1.807) is 85.9 Å².